The van der Waals surface area contributed by atoms with E-state index in [1.165, 1.54) is 7.11 Å². The number of aromatic nitrogens is 2. The number of nitrogens with zero attached hydrogens (tertiary/aromatic N) is 3. The van der Waals surface area contributed by atoms with Gasteiger partial charge in [0.15, 0.2) is 0 Å². The topological polar surface area (TPSA) is 115 Å². The highest BCUT2D eigenvalue weighted by Gasteiger charge is 2.32. The molecule has 0 saturated carbocycles. The number of methoxy groups -OCH3 is 1. The van der Waals surface area contributed by atoms with Crippen LogP contribution in [0.1, 0.15) is 49.6 Å². The first kappa shape index (κ1) is 24.3. The van der Waals surface area contributed by atoms with Crippen molar-refractivity contribution >= 4 is 11.8 Å². The number of aliphatic hydroxyl groups is 1. The molecule has 190 valence electrons. The van der Waals surface area contributed by atoms with E-state index in [0.717, 1.165) is 61.2 Å². The highest BCUT2D eigenvalue weighted by molar-refractivity contribution is 5.92. The normalized spacial score (nSPS) is 19.0. The maximum absolute atomic E-state index is 12.7. The third-order valence-electron chi connectivity index (χ3n) is 7.16. The Morgan fingerprint density at radius 2 is 1.92 bits per heavy atom. The Kier molecular flexibility index (Phi) is 6.95. The van der Waals surface area contributed by atoms with E-state index in [2.05, 4.69) is 21.3 Å². The molecule has 9 nitrogen and oxygen atoms in total. The van der Waals surface area contributed by atoms with Gasteiger partial charge >= 0.3 is 6.09 Å². The number of benzene rings is 2. The Bertz CT molecular complexity index is 1220. The van der Waals surface area contributed by atoms with Crippen molar-refractivity contribution in [2.75, 3.05) is 25.1 Å². The van der Waals surface area contributed by atoms with Crippen molar-refractivity contribution in [1.82, 2.24) is 15.1 Å². The number of rotatable bonds is 5. The van der Waals surface area contributed by atoms with E-state index >= 15 is 0 Å². The molecule has 1 amide bonds. The standard InChI is InChI=1S/C27H33N5O4/c1-17-3-8-23-24(32(17)27(34)35-2)10-9-22(19-15-30-31(16-19)20-11-13-29-14-12-20)25(23)36-21-6-4-18(5-7-21)26(28)33/h4-7,9-10,15-17,20,26,29,33H,3,8,11-14,28H2,1-2H3/t17-,26?/m0/s1. The molecule has 1 fully saturated rings. The molecule has 0 aliphatic carbocycles. The van der Waals surface area contributed by atoms with Gasteiger partial charge in [-0.15, -0.1) is 0 Å². The SMILES string of the molecule is COC(=O)N1c2ccc(-c3cnn(C4CCNCC4)c3)c(Oc3ccc(C(N)O)cc3)c2CC[C@@H]1C. The lowest BCUT2D eigenvalue weighted by molar-refractivity contribution is 0.175. The first-order chi connectivity index (χ1) is 17.5. The molecule has 2 aliphatic heterocycles. The van der Waals surface area contributed by atoms with Gasteiger partial charge in [-0.25, -0.2) is 4.79 Å². The smallest absolute Gasteiger partial charge is 0.414 e. The Hall–Kier alpha value is -3.40. The third kappa shape index (κ3) is 4.69. The predicted molar refractivity (Wildman–Crippen MR) is 137 cm³/mol. The lowest BCUT2D eigenvalue weighted by Gasteiger charge is -2.35. The summed E-state index contributed by atoms with van der Waals surface area (Å²) in [7, 11) is 1.40. The first-order valence-corrected chi connectivity index (χ1v) is 12.5. The largest absolute Gasteiger partial charge is 0.456 e. The lowest BCUT2D eigenvalue weighted by atomic mass is 9.92. The number of piperidine rings is 1. The summed E-state index contributed by atoms with van der Waals surface area (Å²) < 4.78 is 13.6. The summed E-state index contributed by atoms with van der Waals surface area (Å²) in [6.07, 6.45) is 6.16. The molecule has 4 N–H and O–H groups in total. The number of aliphatic hydroxyl groups excluding tert-OH is 1. The number of hydrogen-bond acceptors (Lipinski definition) is 7. The van der Waals surface area contributed by atoms with Crippen LogP contribution in [-0.4, -0.2) is 47.2 Å². The molecule has 2 aliphatic rings. The van der Waals surface area contributed by atoms with Crippen molar-refractivity contribution in [2.45, 2.75) is 50.9 Å². The van der Waals surface area contributed by atoms with E-state index in [9.17, 15) is 9.90 Å². The predicted octanol–water partition coefficient (Wildman–Crippen LogP) is 4.12. The highest BCUT2D eigenvalue weighted by Crippen LogP contribution is 2.45. The van der Waals surface area contributed by atoms with Crippen LogP contribution in [-0.2, 0) is 11.2 Å². The minimum absolute atomic E-state index is 0.0108. The molecule has 0 radical (unpaired) electrons. The fourth-order valence-corrected chi connectivity index (χ4v) is 5.12. The molecular formula is C27H33N5O4. The van der Waals surface area contributed by atoms with E-state index in [-0.39, 0.29) is 12.1 Å². The Morgan fingerprint density at radius 1 is 1.17 bits per heavy atom. The molecule has 9 heteroatoms. The number of anilines is 1. The second-order valence-corrected chi connectivity index (χ2v) is 9.47. The quantitative estimate of drug-likeness (QED) is 0.460. The number of fused-ring (bicyclic) bond motifs is 1. The highest BCUT2D eigenvalue weighted by atomic mass is 16.5. The van der Waals surface area contributed by atoms with Crippen LogP contribution in [0, 0.1) is 0 Å². The van der Waals surface area contributed by atoms with Gasteiger partial charge in [0.25, 0.3) is 0 Å². The minimum atomic E-state index is -1.05. The maximum atomic E-state index is 12.7. The van der Waals surface area contributed by atoms with Crippen molar-refractivity contribution in [3.05, 3.63) is 59.9 Å². The molecule has 2 atom stereocenters. The molecule has 1 aromatic heterocycles. The number of amides is 1. The van der Waals surface area contributed by atoms with Gasteiger partial charge in [-0.2, -0.15) is 5.10 Å². The van der Waals surface area contributed by atoms with Crippen LogP contribution in [0.5, 0.6) is 11.5 Å². The molecule has 2 aromatic carbocycles. The van der Waals surface area contributed by atoms with E-state index in [0.29, 0.717) is 23.1 Å². The van der Waals surface area contributed by atoms with Crippen LogP contribution in [0.3, 0.4) is 0 Å². The molecule has 0 spiro atoms. The van der Waals surface area contributed by atoms with Crippen LogP contribution in [0.25, 0.3) is 11.1 Å². The fraction of sp³-hybridized carbons (Fsp3) is 0.407. The monoisotopic (exact) mass is 491 g/mol. The molecule has 3 heterocycles. The van der Waals surface area contributed by atoms with E-state index in [4.69, 9.17) is 15.2 Å². The summed E-state index contributed by atoms with van der Waals surface area (Å²) in [5.41, 5.74) is 9.81. The fourth-order valence-electron chi connectivity index (χ4n) is 5.12. The lowest BCUT2D eigenvalue weighted by Crippen LogP contribution is -2.42. The summed E-state index contributed by atoms with van der Waals surface area (Å²) in [5, 5.41) is 17.8. The van der Waals surface area contributed by atoms with Gasteiger partial charge in [-0.3, -0.25) is 9.58 Å². The van der Waals surface area contributed by atoms with Gasteiger partial charge in [0.05, 0.1) is 25.0 Å². The van der Waals surface area contributed by atoms with Gasteiger partial charge in [0.1, 0.15) is 17.7 Å². The van der Waals surface area contributed by atoms with Crippen molar-refractivity contribution in [1.29, 1.82) is 0 Å². The molecule has 3 aromatic rings. The summed E-state index contributed by atoms with van der Waals surface area (Å²) in [6, 6.07) is 11.4. The number of ether oxygens (including phenoxy) is 2. The molecule has 0 bridgehead atoms. The Morgan fingerprint density at radius 3 is 2.61 bits per heavy atom. The number of nitrogens with one attached hydrogen (secondary N) is 1. The Labute approximate surface area is 210 Å². The number of carbonyl (C=O) groups excluding carboxylic acids is 1. The zero-order valence-electron chi connectivity index (χ0n) is 20.7. The molecule has 1 saturated heterocycles. The number of nitrogens with two attached hydrogens (primary N) is 1. The zero-order chi connectivity index (χ0) is 25.2. The third-order valence-corrected chi connectivity index (χ3v) is 7.16. The van der Waals surface area contributed by atoms with Crippen molar-refractivity contribution < 1.29 is 19.4 Å². The first-order valence-electron chi connectivity index (χ1n) is 12.5. The van der Waals surface area contributed by atoms with Gasteiger partial charge in [0.2, 0.25) is 0 Å². The van der Waals surface area contributed by atoms with Crippen molar-refractivity contribution in [3.8, 4) is 22.6 Å². The van der Waals surface area contributed by atoms with Crippen LogP contribution in [0.4, 0.5) is 10.5 Å². The summed E-state index contributed by atoms with van der Waals surface area (Å²) in [5.74, 6) is 1.31. The molecule has 1 unspecified atom stereocenters. The van der Waals surface area contributed by atoms with Crippen LogP contribution < -0.4 is 20.7 Å². The average Bonchev–Trinajstić information content (AvgIpc) is 3.39. The molecule has 36 heavy (non-hydrogen) atoms. The van der Waals surface area contributed by atoms with Crippen LogP contribution in [0.15, 0.2) is 48.8 Å². The number of carbonyl (C=O) groups is 1. The second kappa shape index (κ2) is 10.3. The molecular weight excluding hydrogens is 458 g/mol. The van der Waals surface area contributed by atoms with Crippen LogP contribution >= 0.6 is 0 Å². The van der Waals surface area contributed by atoms with E-state index in [1.54, 1.807) is 29.2 Å². The minimum Gasteiger partial charge on any atom is -0.456 e. The number of hydrogen-bond donors (Lipinski definition) is 3. The van der Waals surface area contributed by atoms with Crippen molar-refractivity contribution in [2.24, 2.45) is 5.73 Å². The van der Waals surface area contributed by atoms with Gasteiger partial charge in [-0.1, -0.05) is 12.1 Å². The average molecular weight is 492 g/mol. The van der Waals surface area contributed by atoms with Gasteiger partial charge in [-0.05, 0) is 75.5 Å². The summed E-state index contributed by atoms with van der Waals surface area (Å²) in [6.45, 7) is 4.00. The zero-order valence-corrected chi connectivity index (χ0v) is 20.7. The summed E-state index contributed by atoms with van der Waals surface area (Å²) >= 11 is 0. The van der Waals surface area contributed by atoms with E-state index in [1.807, 2.05) is 25.3 Å². The van der Waals surface area contributed by atoms with Gasteiger partial charge in [0, 0.05) is 28.9 Å². The molecule has 5 rings (SSSR count). The second-order valence-electron chi connectivity index (χ2n) is 9.47. The Balaban J connectivity index is 1.58. The van der Waals surface area contributed by atoms with Crippen molar-refractivity contribution in [3.63, 3.8) is 0 Å². The van der Waals surface area contributed by atoms with Gasteiger partial charge < -0.3 is 25.6 Å². The summed E-state index contributed by atoms with van der Waals surface area (Å²) in [4.78, 5) is 14.3. The van der Waals surface area contributed by atoms with E-state index < -0.39 is 6.23 Å². The maximum Gasteiger partial charge on any atom is 0.414 e. The van der Waals surface area contributed by atoms with Crippen LogP contribution in [0.2, 0.25) is 0 Å².